The van der Waals surface area contributed by atoms with E-state index in [1.165, 1.54) is 30.3 Å². The van der Waals surface area contributed by atoms with Gasteiger partial charge in [0.05, 0.1) is 10.7 Å². The molecule has 1 saturated carbocycles. The van der Waals surface area contributed by atoms with Crippen LogP contribution in [0.25, 0.3) is 0 Å². The summed E-state index contributed by atoms with van der Waals surface area (Å²) in [6, 6.07) is 13.2. The third kappa shape index (κ3) is 7.46. The Labute approximate surface area is 209 Å². The molecule has 1 fully saturated rings. The fourth-order valence-electron chi connectivity index (χ4n) is 4.01. The molecule has 9 heteroatoms. The third-order valence-corrected chi connectivity index (χ3v) is 7.42. The first-order chi connectivity index (χ1) is 16.3. The summed E-state index contributed by atoms with van der Waals surface area (Å²) < 4.78 is 0. The minimum absolute atomic E-state index is 0.0357. The lowest BCUT2D eigenvalue weighted by Crippen LogP contribution is -2.50. The summed E-state index contributed by atoms with van der Waals surface area (Å²) in [7, 11) is 0. The van der Waals surface area contributed by atoms with E-state index in [0.29, 0.717) is 10.8 Å². The third-order valence-electron chi connectivity index (χ3n) is 6.06. The molecule has 2 amide bonds. The van der Waals surface area contributed by atoms with Crippen LogP contribution in [0.3, 0.4) is 0 Å². The molecular weight excluding hydrogens is 474 g/mol. The molecule has 0 heterocycles. The van der Waals surface area contributed by atoms with Gasteiger partial charge in [0, 0.05) is 35.5 Å². The zero-order chi connectivity index (χ0) is 24.5. The number of rotatable bonds is 10. The van der Waals surface area contributed by atoms with E-state index in [0.717, 1.165) is 36.8 Å². The Kier molecular flexibility index (Phi) is 9.77. The number of halogens is 1. The highest BCUT2D eigenvalue weighted by Gasteiger charge is 2.28. The number of hydrogen-bond acceptors (Lipinski definition) is 5. The van der Waals surface area contributed by atoms with Crippen LogP contribution in [0.2, 0.25) is 5.02 Å². The number of nitro benzene ring substituents is 1. The van der Waals surface area contributed by atoms with E-state index in [1.54, 1.807) is 30.0 Å². The predicted molar refractivity (Wildman–Crippen MR) is 136 cm³/mol. The quantitative estimate of drug-likeness (QED) is 0.348. The van der Waals surface area contributed by atoms with Crippen LogP contribution in [0, 0.1) is 10.1 Å². The fourth-order valence-corrected chi connectivity index (χ4v) is 5.08. The molecule has 1 atom stereocenters. The number of thioether (sulfide) groups is 1. The van der Waals surface area contributed by atoms with Gasteiger partial charge in [-0.2, -0.15) is 0 Å². The van der Waals surface area contributed by atoms with Crippen molar-refractivity contribution in [2.45, 2.75) is 63.4 Å². The molecule has 0 spiro atoms. The highest BCUT2D eigenvalue weighted by molar-refractivity contribution is 7.99. The number of benzene rings is 2. The summed E-state index contributed by atoms with van der Waals surface area (Å²) in [5.74, 6) is 0.417. The molecule has 2 aromatic carbocycles. The molecule has 0 aliphatic heterocycles. The lowest BCUT2D eigenvalue weighted by molar-refractivity contribution is -0.384. The zero-order valence-electron chi connectivity index (χ0n) is 19.2. The van der Waals surface area contributed by atoms with E-state index in [-0.39, 0.29) is 35.8 Å². The van der Waals surface area contributed by atoms with Gasteiger partial charge in [0.15, 0.2) is 0 Å². The van der Waals surface area contributed by atoms with Crippen molar-refractivity contribution in [2.75, 3.05) is 5.75 Å². The van der Waals surface area contributed by atoms with Gasteiger partial charge in [-0.1, -0.05) is 61.2 Å². The van der Waals surface area contributed by atoms with Crippen LogP contribution < -0.4 is 5.32 Å². The Hall–Kier alpha value is -2.58. The van der Waals surface area contributed by atoms with Gasteiger partial charge in [-0.05, 0) is 37.0 Å². The van der Waals surface area contributed by atoms with Crippen LogP contribution in [-0.4, -0.2) is 39.5 Å². The number of nitrogens with one attached hydrogen (secondary N) is 1. The van der Waals surface area contributed by atoms with Crippen molar-refractivity contribution in [1.82, 2.24) is 10.2 Å². The number of carbonyl (C=O) groups is 2. The number of hydrogen-bond donors (Lipinski definition) is 1. The van der Waals surface area contributed by atoms with E-state index in [2.05, 4.69) is 5.32 Å². The number of non-ortho nitro benzene ring substituents is 1. The lowest BCUT2D eigenvalue weighted by Gasteiger charge is -2.31. The van der Waals surface area contributed by atoms with Gasteiger partial charge in [0.2, 0.25) is 11.8 Å². The van der Waals surface area contributed by atoms with E-state index in [4.69, 9.17) is 11.6 Å². The van der Waals surface area contributed by atoms with E-state index in [1.807, 2.05) is 18.2 Å². The highest BCUT2D eigenvalue weighted by Crippen LogP contribution is 2.22. The Morgan fingerprint density at radius 3 is 2.47 bits per heavy atom. The summed E-state index contributed by atoms with van der Waals surface area (Å²) >= 11 is 7.75. The van der Waals surface area contributed by atoms with E-state index < -0.39 is 11.0 Å². The topological polar surface area (TPSA) is 92.6 Å². The van der Waals surface area contributed by atoms with Crippen LogP contribution in [0.15, 0.2) is 48.5 Å². The van der Waals surface area contributed by atoms with Gasteiger partial charge >= 0.3 is 0 Å². The van der Waals surface area contributed by atoms with Crippen molar-refractivity contribution < 1.29 is 14.5 Å². The zero-order valence-corrected chi connectivity index (χ0v) is 20.8. The second kappa shape index (κ2) is 12.8. The molecule has 1 aliphatic rings. The smallest absolute Gasteiger partial charge is 0.269 e. The molecule has 0 bridgehead atoms. The normalized spacial score (nSPS) is 14.9. The van der Waals surface area contributed by atoms with Crippen molar-refractivity contribution in [3.63, 3.8) is 0 Å². The molecule has 0 saturated heterocycles. The van der Waals surface area contributed by atoms with Crippen LogP contribution in [0.1, 0.15) is 50.2 Å². The second-order valence-electron chi connectivity index (χ2n) is 8.55. The number of carbonyl (C=O) groups excluding carboxylic acids is 2. The number of amides is 2. The summed E-state index contributed by atoms with van der Waals surface area (Å²) in [6.45, 7) is 2.00. The molecule has 2 aromatic rings. The molecule has 0 aromatic heterocycles. The Bertz CT molecular complexity index is 996. The van der Waals surface area contributed by atoms with Crippen molar-refractivity contribution >= 4 is 40.9 Å². The van der Waals surface area contributed by atoms with Crippen molar-refractivity contribution in [1.29, 1.82) is 0 Å². The van der Waals surface area contributed by atoms with Gasteiger partial charge in [0.25, 0.3) is 5.69 Å². The molecular formula is C25H30ClN3O4S. The molecule has 7 nitrogen and oxygen atoms in total. The summed E-state index contributed by atoms with van der Waals surface area (Å²) in [5, 5.41) is 14.5. The van der Waals surface area contributed by atoms with Gasteiger partial charge in [-0.25, -0.2) is 0 Å². The molecule has 182 valence electrons. The van der Waals surface area contributed by atoms with Crippen molar-refractivity contribution in [2.24, 2.45) is 0 Å². The molecule has 3 rings (SSSR count). The SMILES string of the molecule is C[C@@H](C(=O)NC1CCCCC1)N(Cc1ccccc1Cl)C(=O)CSCc1ccc([N+](=O)[O-])cc1. The van der Waals surface area contributed by atoms with Gasteiger partial charge < -0.3 is 10.2 Å². The summed E-state index contributed by atoms with van der Waals surface area (Å²) in [5.41, 5.74) is 1.72. The van der Waals surface area contributed by atoms with E-state index in [9.17, 15) is 19.7 Å². The average Bonchev–Trinajstić information content (AvgIpc) is 2.84. The summed E-state index contributed by atoms with van der Waals surface area (Å²) in [4.78, 5) is 38.2. The summed E-state index contributed by atoms with van der Waals surface area (Å²) in [6.07, 6.45) is 5.37. The maximum absolute atomic E-state index is 13.2. The van der Waals surface area contributed by atoms with Crippen LogP contribution in [0.4, 0.5) is 5.69 Å². The molecule has 1 N–H and O–H groups in total. The largest absolute Gasteiger partial charge is 0.352 e. The Morgan fingerprint density at radius 1 is 1.15 bits per heavy atom. The molecule has 1 aliphatic carbocycles. The number of nitrogens with zero attached hydrogens (tertiary/aromatic N) is 2. The highest BCUT2D eigenvalue weighted by atomic mass is 35.5. The predicted octanol–water partition coefficient (Wildman–Crippen LogP) is 5.35. The van der Waals surface area contributed by atoms with Gasteiger partial charge in [-0.15, -0.1) is 11.8 Å². The minimum Gasteiger partial charge on any atom is -0.352 e. The van der Waals surface area contributed by atoms with Gasteiger partial charge in [0.1, 0.15) is 6.04 Å². The van der Waals surface area contributed by atoms with Crippen LogP contribution >= 0.6 is 23.4 Å². The first-order valence-electron chi connectivity index (χ1n) is 11.5. The first-order valence-corrected chi connectivity index (χ1v) is 13.0. The Morgan fingerprint density at radius 2 is 1.82 bits per heavy atom. The van der Waals surface area contributed by atoms with E-state index >= 15 is 0 Å². The average molecular weight is 504 g/mol. The van der Waals surface area contributed by atoms with Crippen molar-refractivity contribution in [3.05, 3.63) is 74.8 Å². The first kappa shape index (κ1) is 26.0. The molecule has 0 unspecified atom stereocenters. The monoisotopic (exact) mass is 503 g/mol. The minimum atomic E-state index is -0.634. The maximum atomic E-state index is 13.2. The Balaban J connectivity index is 1.65. The number of nitro groups is 1. The van der Waals surface area contributed by atoms with Crippen LogP contribution in [-0.2, 0) is 21.9 Å². The fraction of sp³-hybridized carbons (Fsp3) is 0.440. The maximum Gasteiger partial charge on any atom is 0.269 e. The van der Waals surface area contributed by atoms with Gasteiger partial charge in [-0.3, -0.25) is 19.7 Å². The molecule has 34 heavy (non-hydrogen) atoms. The standard InChI is InChI=1S/C25H30ClN3O4S/c1-18(25(31)27-21-8-3-2-4-9-21)28(15-20-7-5-6-10-23(20)26)24(30)17-34-16-19-11-13-22(14-12-19)29(32)33/h5-7,10-14,18,21H,2-4,8-9,15-17H2,1H3,(H,27,31)/t18-/m0/s1. The second-order valence-corrected chi connectivity index (χ2v) is 9.94. The lowest BCUT2D eigenvalue weighted by atomic mass is 9.95. The van der Waals surface area contributed by atoms with Crippen LogP contribution in [0.5, 0.6) is 0 Å². The molecule has 0 radical (unpaired) electrons. The van der Waals surface area contributed by atoms with Crippen molar-refractivity contribution in [3.8, 4) is 0 Å².